The highest BCUT2D eigenvalue weighted by atomic mass is 19.1. The molecule has 0 amide bonds. The predicted octanol–water partition coefficient (Wildman–Crippen LogP) is 2.34. The van der Waals surface area contributed by atoms with Gasteiger partial charge in [-0.1, -0.05) is 13.3 Å². The third-order valence-electron chi connectivity index (χ3n) is 3.36. The number of aliphatic hydroxyl groups is 1. The van der Waals surface area contributed by atoms with Gasteiger partial charge in [-0.3, -0.25) is 0 Å². The maximum Gasteiger partial charge on any atom is 0.142 e. The average molecular weight is 238 g/mol. The van der Waals surface area contributed by atoms with E-state index in [2.05, 4.69) is 16.8 Å². The summed E-state index contributed by atoms with van der Waals surface area (Å²) in [6.45, 7) is 3.96. The van der Waals surface area contributed by atoms with Gasteiger partial charge < -0.3 is 10.0 Å². The monoisotopic (exact) mass is 238 g/mol. The Kier molecular flexibility index (Phi) is 3.94. The van der Waals surface area contributed by atoms with Crippen LogP contribution in [0.25, 0.3) is 0 Å². The summed E-state index contributed by atoms with van der Waals surface area (Å²) in [4.78, 5) is 6.27. The molecule has 0 spiro atoms. The van der Waals surface area contributed by atoms with Gasteiger partial charge in [0, 0.05) is 18.7 Å². The van der Waals surface area contributed by atoms with Crippen LogP contribution in [0.1, 0.15) is 31.7 Å². The molecule has 0 bridgehead atoms. The van der Waals surface area contributed by atoms with E-state index in [0.29, 0.717) is 11.5 Å². The van der Waals surface area contributed by atoms with E-state index in [-0.39, 0.29) is 12.4 Å². The Morgan fingerprint density at radius 2 is 2.41 bits per heavy atom. The number of anilines is 1. The van der Waals surface area contributed by atoms with Gasteiger partial charge in [0.25, 0.3) is 0 Å². The van der Waals surface area contributed by atoms with E-state index in [1.54, 1.807) is 0 Å². The van der Waals surface area contributed by atoms with Gasteiger partial charge in [0.2, 0.25) is 0 Å². The largest absolute Gasteiger partial charge is 0.392 e. The smallest absolute Gasteiger partial charge is 0.142 e. The second-order valence-electron chi connectivity index (χ2n) is 4.68. The Balaban J connectivity index is 2.12. The van der Waals surface area contributed by atoms with Gasteiger partial charge in [-0.25, -0.2) is 9.37 Å². The molecule has 4 heteroatoms. The van der Waals surface area contributed by atoms with Crippen molar-refractivity contribution in [2.75, 3.05) is 18.0 Å². The Labute approximate surface area is 101 Å². The molecule has 0 saturated carbocycles. The van der Waals surface area contributed by atoms with Gasteiger partial charge in [0.15, 0.2) is 0 Å². The highest BCUT2D eigenvalue weighted by Crippen LogP contribution is 2.27. The van der Waals surface area contributed by atoms with E-state index in [9.17, 15) is 9.50 Å². The lowest BCUT2D eigenvalue weighted by Gasteiger charge is -2.20. The van der Waals surface area contributed by atoms with Gasteiger partial charge in [0.1, 0.15) is 11.6 Å². The number of pyridine rings is 1. The standard InChI is InChI=1S/C13H19FN2O/c1-2-3-10-4-5-16(8-10)13-11(9-17)6-12(14)7-15-13/h6-7,10,17H,2-5,8-9H2,1H3. The van der Waals surface area contributed by atoms with Gasteiger partial charge in [-0.15, -0.1) is 0 Å². The molecular formula is C13H19FN2O. The van der Waals surface area contributed by atoms with Crippen molar-refractivity contribution in [3.8, 4) is 0 Å². The van der Waals surface area contributed by atoms with Crippen LogP contribution in [0.15, 0.2) is 12.3 Å². The summed E-state index contributed by atoms with van der Waals surface area (Å²) in [6, 6.07) is 1.37. The molecule has 3 nitrogen and oxygen atoms in total. The minimum absolute atomic E-state index is 0.158. The van der Waals surface area contributed by atoms with E-state index in [0.717, 1.165) is 25.3 Å². The van der Waals surface area contributed by atoms with Crippen LogP contribution in [0, 0.1) is 11.7 Å². The summed E-state index contributed by atoms with van der Waals surface area (Å²) in [6.07, 6.45) is 4.81. The lowest BCUT2D eigenvalue weighted by molar-refractivity contribution is 0.281. The summed E-state index contributed by atoms with van der Waals surface area (Å²) in [5.74, 6) is 1.06. The fraction of sp³-hybridized carbons (Fsp3) is 0.615. The summed E-state index contributed by atoms with van der Waals surface area (Å²) in [5, 5.41) is 9.24. The Morgan fingerprint density at radius 3 is 3.12 bits per heavy atom. The lowest BCUT2D eigenvalue weighted by Crippen LogP contribution is -2.22. The first-order valence-corrected chi connectivity index (χ1v) is 6.24. The third kappa shape index (κ3) is 2.75. The molecule has 1 aliphatic rings. The molecule has 0 radical (unpaired) electrons. The number of hydrogen-bond acceptors (Lipinski definition) is 3. The maximum absolute atomic E-state index is 13.0. The Morgan fingerprint density at radius 1 is 1.59 bits per heavy atom. The van der Waals surface area contributed by atoms with E-state index in [4.69, 9.17) is 0 Å². The number of aromatic nitrogens is 1. The Bertz CT molecular complexity index is 384. The summed E-state index contributed by atoms with van der Waals surface area (Å²) in [5.41, 5.74) is 0.585. The second kappa shape index (κ2) is 5.45. The van der Waals surface area contributed by atoms with E-state index >= 15 is 0 Å². The highest BCUT2D eigenvalue weighted by Gasteiger charge is 2.24. The van der Waals surface area contributed by atoms with Crippen LogP contribution in [0.5, 0.6) is 0 Å². The van der Waals surface area contributed by atoms with Crippen LogP contribution in [0.2, 0.25) is 0 Å². The molecule has 1 aromatic heterocycles. The molecule has 1 aromatic rings. The molecule has 2 rings (SSSR count). The molecule has 1 atom stereocenters. The van der Waals surface area contributed by atoms with Crippen molar-refractivity contribution in [2.45, 2.75) is 32.8 Å². The van der Waals surface area contributed by atoms with Crippen LogP contribution in [-0.2, 0) is 6.61 Å². The quantitative estimate of drug-likeness (QED) is 0.874. The molecule has 0 aliphatic carbocycles. The van der Waals surface area contributed by atoms with Crippen molar-refractivity contribution in [1.29, 1.82) is 0 Å². The van der Waals surface area contributed by atoms with Gasteiger partial charge in [0.05, 0.1) is 12.8 Å². The average Bonchev–Trinajstić information content (AvgIpc) is 2.78. The zero-order chi connectivity index (χ0) is 12.3. The fourth-order valence-corrected chi connectivity index (χ4v) is 2.54. The minimum Gasteiger partial charge on any atom is -0.392 e. The first-order chi connectivity index (χ1) is 8.24. The second-order valence-corrected chi connectivity index (χ2v) is 4.68. The summed E-state index contributed by atoms with van der Waals surface area (Å²) < 4.78 is 13.0. The zero-order valence-electron chi connectivity index (χ0n) is 10.2. The highest BCUT2D eigenvalue weighted by molar-refractivity contribution is 5.47. The van der Waals surface area contributed by atoms with Crippen molar-refractivity contribution in [2.24, 2.45) is 5.92 Å². The van der Waals surface area contributed by atoms with Gasteiger partial charge in [-0.05, 0) is 24.8 Å². The summed E-state index contributed by atoms with van der Waals surface area (Å²) >= 11 is 0. The van der Waals surface area contributed by atoms with Crippen LogP contribution in [0.3, 0.4) is 0 Å². The molecule has 1 N–H and O–H groups in total. The van der Waals surface area contributed by atoms with Crippen LogP contribution in [-0.4, -0.2) is 23.2 Å². The van der Waals surface area contributed by atoms with Crippen molar-refractivity contribution in [1.82, 2.24) is 4.98 Å². The van der Waals surface area contributed by atoms with Crippen LogP contribution >= 0.6 is 0 Å². The molecule has 17 heavy (non-hydrogen) atoms. The van der Waals surface area contributed by atoms with Gasteiger partial charge >= 0.3 is 0 Å². The molecule has 1 fully saturated rings. The number of rotatable bonds is 4. The van der Waals surface area contributed by atoms with Crippen LogP contribution < -0.4 is 4.90 Å². The SMILES string of the molecule is CCCC1CCN(c2ncc(F)cc2CO)C1. The molecule has 1 saturated heterocycles. The van der Waals surface area contributed by atoms with Crippen molar-refractivity contribution in [3.63, 3.8) is 0 Å². The first-order valence-electron chi connectivity index (χ1n) is 6.24. The molecule has 1 aliphatic heterocycles. The lowest BCUT2D eigenvalue weighted by atomic mass is 10.0. The number of aliphatic hydroxyl groups excluding tert-OH is 1. The predicted molar refractivity (Wildman–Crippen MR) is 65.3 cm³/mol. The normalized spacial score (nSPS) is 19.9. The topological polar surface area (TPSA) is 36.4 Å². The third-order valence-corrected chi connectivity index (χ3v) is 3.36. The minimum atomic E-state index is -0.387. The van der Waals surface area contributed by atoms with Crippen molar-refractivity contribution in [3.05, 3.63) is 23.6 Å². The van der Waals surface area contributed by atoms with E-state index < -0.39 is 0 Å². The first kappa shape index (κ1) is 12.3. The fourth-order valence-electron chi connectivity index (χ4n) is 2.54. The van der Waals surface area contributed by atoms with E-state index in [1.165, 1.54) is 25.1 Å². The number of hydrogen-bond donors (Lipinski definition) is 1. The van der Waals surface area contributed by atoms with Crippen LogP contribution in [0.4, 0.5) is 10.2 Å². The van der Waals surface area contributed by atoms with Crippen molar-refractivity contribution < 1.29 is 9.50 Å². The molecular weight excluding hydrogens is 219 g/mol. The van der Waals surface area contributed by atoms with Gasteiger partial charge in [-0.2, -0.15) is 0 Å². The summed E-state index contributed by atoms with van der Waals surface area (Å²) in [7, 11) is 0. The van der Waals surface area contributed by atoms with E-state index in [1.807, 2.05) is 0 Å². The molecule has 0 aromatic carbocycles. The molecule has 2 heterocycles. The van der Waals surface area contributed by atoms with Crippen molar-refractivity contribution >= 4 is 5.82 Å². The zero-order valence-corrected chi connectivity index (χ0v) is 10.2. The maximum atomic E-state index is 13.0. The number of halogens is 1. The number of nitrogens with zero attached hydrogens (tertiary/aromatic N) is 2. The Hall–Kier alpha value is -1.16. The molecule has 94 valence electrons. The molecule has 1 unspecified atom stereocenters.